The highest BCUT2D eigenvalue weighted by Gasteiger charge is 2.28. The molecule has 1 aliphatic heterocycles. The molecular weight excluding hydrogens is 304 g/mol. The van der Waals surface area contributed by atoms with Crippen molar-refractivity contribution in [1.29, 1.82) is 0 Å². The van der Waals surface area contributed by atoms with Crippen LogP contribution in [-0.2, 0) is 4.79 Å². The van der Waals surface area contributed by atoms with E-state index in [0.29, 0.717) is 25.3 Å². The number of likely N-dealkylation sites (tertiary alicyclic amines) is 1. The molecule has 1 N–H and O–H groups in total. The number of carbonyl (C=O) groups excluding carboxylic acids is 2. The van der Waals surface area contributed by atoms with Gasteiger partial charge in [-0.2, -0.15) is 0 Å². The molecule has 0 bridgehead atoms. The van der Waals surface area contributed by atoms with E-state index in [2.05, 4.69) is 5.32 Å². The number of rotatable bonds is 4. The van der Waals surface area contributed by atoms with Crippen molar-refractivity contribution in [3.8, 4) is 5.75 Å². The van der Waals surface area contributed by atoms with Gasteiger partial charge in [0.25, 0.3) is 5.91 Å². The SMILES string of the molecule is CCOc1ccc(C(=O)N2CCC(NC(=O)C(C)(C)C)CC2)cc1. The van der Waals surface area contributed by atoms with Crippen molar-refractivity contribution in [2.24, 2.45) is 5.41 Å². The Balaban J connectivity index is 1.87. The average Bonchev–Trinajstić information content (AvgIpc) is 2.55. The van der Waals surface area contributed by atoms with Gasteiger partial charge in [0, 0.05) is 30.1 Å². The zero-order chi connectivity index (χ0) is 17.7. The zero-order valence-electron chi connectivity index (χ0n) is 15.1. The van der Waals surface area contributed by atoms with E-state index < -0.39 is 0 Å². The second-order valence-electron chi connectivity index (χ2n) is 7.25. The van der Waals surface area contributed by atoms with E-state index in [1.165, 1.54) is 0 Å². The largest absolute Gasteiger partial charge is 0.494 e. The van der Waals surface area contributed by atoms with Crippen molar-refractivity contribution in [3.05, 3.63) is 29.8 Å². The number of amides is 2. The van der Waals surface area contributed by atoms with E-state index in [0.717, 1.165) is 18.6 Å². The monoisotopic (exact) mass is 332 g/mol. The highest BCUT2D eigenvalue weighted by Crippen LogP contribution is 2.19. The summed E-state index contributed by atoms with van der Waals surface area (Å²) in [5.41, 5.74) is 0.297. The van der Waals surface area contributed by atoms with Crippen molar-refractivity contribution in [1.82, 2.24) is 10.2 Å². The molecule has 1 saturated heterocycles. The summed E-state index contributed by atoms with van der Waals surface area (Å²) < 4.78 is 5.40. The molecule has 5 nitrogen and oxygen atoms in total. The summed E-state index contributed by atoms with van der Waals surface area (Å²) in [6, 6.07) is 7.42. The third-order valence-corrected chi connectivity index (χ3v) is 4.21. The Hall–Kier alpha value is -2.04. The Kier molecular flexibility index (Phi) is 5.86. The highest BCUT2D eigenvalue weighted by atomic mass is 16.5. The minimum Gasteiger partial charge on any atom is -0.494 e. The predicted molar refractivity (Wildman–Crippen MR) is 94.1 cm³/mol. The van der Waals surface area contributed by atoms with Gasteiger partial charge < -0.3 is 15.0 Å². The highest BCUT2D eigenvalue weighted by molar-refractivity contribution is 5.94. The number of carbonyl (C=O) groups is 2. The summed E-state index contributed by atoms with van der Waals surface area (Å²) in [7, 11) is 0. The zero-order valence-corrected chi connectivity index (χ0v) is 15.1. The molecule has 132 valence electrons. The molecular formula is C19H28N2O3. The van der Waals surface area contributed by atoms with Crippen LogP contribution in [0, 0.1) is 5.41 Å². The van der Waals surface area contributed by atoms with Crippen LogP contribution in [0.5, 0.6) is 5.75 Å². The smallest absolute Gasteiger partial charge is 0.253 e. The van der Waals surface area contributed by atoms with Gasteiger partial charge >= 0.3 is 0 Å². The summed E-state index contributed by atoms with van der Waals surface area (Å²) in [5.74, 6) is 0.884. The lowest BCUT2D eigenvalue weighted by molar-refractivity contribution is -0.129. The Morgan fingerprint density at radius 2 is 1.75 bits per heavy atom. The third-order valence-electron chi connectivity index (χ3n) is 4.21. The fourth-order valence-electron chi connectivity index (χ4n) is 2.67. The van der Waals surface area contributed by atoms with Crippen LogP contribution in [0.15, 0.2) is 24.3 Å². The molecule has 0 saturated carbocycles. The number of piperidine rings is 1. The van der Waals surface area contributed by atoms with Gasteiger partial charge in [0.05, 0.1) is 6.61 Å². The maximum Gasteiger partial charge on any atom is 0.253 e. The van der Waals surface area contributed by atoms with Crippen LogP contribution in [-0.4, -0.2) is 42.5 Å². The number of nitrogens with zero attached hydrogens (tertiary/aromatic N) is 1. The number of nitrogens with one attached hydrogen (secondary N) is 1. The molecule has 1 aromatic carbocycles. The Morgan fingerprint density at radius 3 is 2.25 bits per heavy atom. The molecule has 0 aliphatic carbocycles. The molecule has 1 fully saturated rings. The molecule has 24 heavy (non-hydrogen) atoms. The molecule has 0 radical (unpaired) electrons. The molecule has 2 rings (SSSR count). The first-order valence-electron chi connectivity index (χ1n) is 8.64. The summed E-state index contributed by atoms with van der Waals surface area (Å²) >= 11 is 0. The summed E-state index contributed by atoms with van der Waals surface area (Å²) in [4.78, 5) is 26.5. The minimum absolute atomic E-state index is 0.0404. The van der Waals surface area contributed by atoms with Crippen molar-refractivity contribution >= 4 is 11.8 Å². The summed E-state index contributed by atoms with van der Waals surface area (Å²) in [6.45, 7) is 9.61. The molecule has 1 aliphatic rings. The van der Waals surface area contributed by atoms with Gasteiger partial charge in [-0.3, -0.25) is 9.59 Å². The topological polar surface area (TPSA) is 58.6 Å². The van der Waals surface area contributed by atoms with E-state index in [9.17, 15) is 9.59 Å². The Bertz CT molecular complexity index is 567. The normalized spacial score (nSPS) is 15.9. The molecule has 0 unspecified atom stereocenters. The summed E-state index contributed by atoms with van der Waals surface area (Å²) in [5, 5.41) is 3.09. The lowest BCUT2D eigenvalue weighted by Gasteiger charge is -2.33. The quantitative estimate of drug-likeness (QED) is 0.922. The van der Waals surface area contributed by atoms with E-state index >= 15 is 0 Å². The Morgan fingerprint density at radius 1 is 1.17 bits per heavy atom. The molecule has 0 atom stereocenters. The van der Waals surface area contributed by atoms with E-state index in [1.807, 2.05) is 44.7 Å². The predicted octanol–water partition coefficient (Wildman–Crippen LogP) is 2.85. The van der Waals surface area contributed by atoms with Crippen LogP contribution < -0.4 is 10.1 Å². The van der Waals surface area contributed by atoms with Gasteiger partial charge in [0.2, 0.25) is 5.91 Å². The van der Waals surface area contributed by atoms with Gasteiger partial charge in [-0.25, -0.2) is 0 Å². The third kappa shape index (κ3) is 4.73. The first-order chi connectivity index (χ1) is 11.3. The van der Waals surface area contributed by atoms with Crippen LogP contribution in [0.2, 0.25) is 0 Å². The van der Waals surface area contributed by atoms with E-state index in [4.69, 9.17) is 4.74 Å². The molecule has 0 spiro atoms. The first-order valence-corrected chi connectivity index (χ1v) is 8.64. The van der Waals surface area contributed by atoms with E-state index in [-0.39, 0.29) is 23.3 Å². The van der Waals surface area contributed by atoms with Crippen LogP contribution in [0.4, 0.5) is 0 Å². The van der Waals surface area contributed by atoms with E-state index in [1.54, 1.807) is 12.1 Å². The molecule has 0 aromatic heterocycles. The maximum absolute atomic E-state index is 12.6. The van der Waals surface area contributed by atoms with Crippen LogP contribution in [0.3, 0.4) is 0 Å². The van der Waals surface area contributed by atoms with Gasteiger partial charge in [0.1, 0.15) is 5.75 Å². The number of benzene rings is 1. The van der Waals surface area contributed by atoms with Gasteiger partial charge in [0.15, 0.2) is 0 Å². The maximum atomic E-state index is 12.6. The van der Waals surface area contributed by atoms with Crippen LogP contribution >= 0.6 is 0 Å². The van der Waals surface area contributed by atoms with Gasteiger partial charge in [-0.15, -0.1) is 0 Å². The lowest BCUT2D eigenvalue weighted by atomic mass is 9.94. The molecule has 1 aromatic rings. The van der Waals surface area contributed by atoms with Crippen molar-refractivity contribution in [2.75, 3.05) is 19.7 Å². The second kappa shape index (κ2) is 7.69. The standard InChI is InChI=1S/C19H28N2O3/c1-5-24-16-8-6-14(7-9-16)17(22)21-12-10-15(11-13-21)20-18(23)19(2,3)4/h6-9,15H,5,10-13H2,1-4H3,(H,20,23). The fourth-order valence-corrected chi connectivity index (χ4v) is 2.67. The summed E-state index contributed by atoms with van der Waals surface area (Å²) in [6.07, 6.45) is 1.59. The molecule has 2 amide bonds. The fraction of sp³-hybridized carbons (Fsp3) is 0.579. The van der Waals surface area contributed by atoms with Crippen LogP contribution in [0.1, 0.15) is 50.9 Å². The number of hydrogen-bond acceptors (Lipinski definition) is 3. The van der Waals surface area contributed by atoms with Crippen molar-refractivity contribution < 1.29 is 14.3 Å². The molecule has 1 heterocycles. The second-order valence-corrected chi connectivity index (χ2v) is 7.25. The number of hydrogen-bond donors (Lipinski definition) is 1. The minimum atomic E-state index is -0.380. The lowest BCUT2D eigenvalue weighted by Crippen LogP contribution is -2.49. The first kappa shape index (κ1) is 18.3. The van der Waals surface area contributed by atoms with Crippen molar-refractivity contribution in [2.45, 2.75) is 46.6 Å². The van der Waals surface area contributed by atoms with Crippen LogP contribution in [0.25, 0.3) is 0 Å². The molecule has 5 heteroatoms. The van der Waals surface area contributed by atoms with Gasteiger partial charge in [-0.05, 0) is 44.0 Å². The Labute approximate surface area is 144 Å². The van der Waals surface area contributed by atoms with Gasteiger partial charge in [-0.1, -0.05) is 20.8 Å². The average molecular weight is 332 g/mol. The van der Waals surface area contributed by atoms with Crippen molar-refractivity contribution in [3.63, 3.8) is 0 Å². The number of ether oxygens (including phenoxy) is 1.